The van der Waals surface area contributed by atoms with Crippen LogP contribution in [0.5, 0.6) is 0 Å². The first-order valence-electron chi connectivity index (χ1n) is 7.91. The number of aromatic nitrogens is 1. The van der Waals surface area contributed by atoms with Crippen molar-refractivity contribution >= 4 is 32.7 Å². The number of rotatable bonds is 4. The lowest BCUT2D eigenvalue weighted by Gasteiger charge is -2.27. The van der Waals surface area contributed by atoms with Crippen molar-refractivity contribution in [3.63, 3.8) is 0 Å². The number of halogens is 1. The normalized spacial score (nSPS) is 17.6. The number of para-hydroxylation sites is 1. The van der Waals surface area contributed by atoms with Gasteiger partial charge in [0.1, 0.15) is 5.82 Å². The minimum absolute atomic E-state index is 0.483. The van der Waals surface area contributed by atoms with Gasteiger partial charge < -0.3 is 4.90 Å². The van der Waals surface area contributed by atoms with E-state index in [9.17, 15) is 0 Å². The highest BCUT2D eigenvalue weighted by molar-refractivity contribution is 9.08. The molecule has 0 bridgehead atoms. The Hall–Kier alpha value is -1.09. The zero-order valence-corrected chi connectivity index (χ0v) is 14.5. The van der Waals surface area contributed by atoms with E-state index >= 15 is 0 Å². The Labute approximate surface area is 135 Å². The first-order chi connectivity index (χ1) is 10.2. The molecule has 21 heavy (non-hydrogen) atoms. The van der Waals surface area contributed by atoms with E-state index in [4.69, 9.17) is 4.98 Å². The molecule has 0 atom stereocenters. The lowest BCUT2D eigenvalue weighted by atomic mass is 9.82. The summed E-state index contributed by atoms with van der Waals surface area (Å²) in [7, 11) is 0. The van der Waals surface area contributed by atoms with Crippen LogP contribution in [-0.2, 0) is 5.33 Å². The maximum Gasteiger partial charge on any atom is 0.133 e. The van der Waals surface area contributed by atoms with Crippen molar-refractivity contribution < 1.29 is 0 Å². The number of alkyl halides is 1. The van der Waals surface area contributed by atoms with E-state index in [0.717, 1.165) is 23.9 Å². The molecule has 1 aliphatic rings. The molecule has 1 aliphatic heterocycles. The quantitative estimate of drug-likeness (QED) is 0.712. The molecule has 1 aromatic carbocycles. The molecule has 0 aliphatic carbocycles. The van der Waals surface area contributed by atoms with Gasteiger partial charge in [-0.25, -0.2) is 4.98 Å². The third kappa shape index (κ3) is 2.68. The molecule has 112 valence electrons. The summed E-state index contributed by atoms with van der Waals surface area (Å²) in [5.41, 5.74) is 2.89. The molecular weight excluding hydrogens is 324 g/mol. The maximum atomic E-state index is 4.96. The Morgan fingerprint density at radius 1 is 1.24 bits per heavy atom. The Morgan fingerprint density at radius 2 is 2.00 bits per heavy atom. The Morgan fingerprint density at radius 3 is 2.67 bits per heavy atom. The second-order valence-corrected chi connectivity index (χ2v) is 6.74. The summed E-state index contributed by atoms with van der Waals surface area (Å²) in [6.07, 6.45) is 3.81. The number of nitrogens with zero attached hydrogens (tertiary/aromatic N) is 2. The topological polar surface area (TPSA) is 16.1 Å². The smallest absolute Gasteiger partial charge is 0.133 e. The number of pyridine rings is 1. The molecule has 2 aromatic rings. The molecule has 1 saturated heterocycles. The van der Waals surface area contributed by atoms with Crippen LogP contribution in [0.15, 0.2) is 30.3 Å². The minimum atomic E-state index is 0.483. The highest BCUT2D eigenvalue weighted by Gasteiger charge is 2.36. The fourth-order valence-electron chi connectivity index (χ4n) is 3.46. The van der Waals surface area contributed by atoms with E-state index in [0.29, 0.717) is 5.41 Å². The SMILES string of the molecule is CCC1(CC)CCN(c2nc3ccccc3cc2CBr)C1. The van der Waals surface area contributed by atoms with E-state index < -0.39 is 0 Å². The van der Waals surface area contributed by atoms with Crippen LogP contribution < -0.4 is 4.90 Å². The Kier molecular flexibility index (Phi) is 4.21. The highest BCUT2D eigenvalue weighted by Crippen LogP contribution is 2.40. The summed E-state index contributed by atoms with van der Waals surface area (Å²) in [6, 6.07) is 10.7. The second kappa shape index (κ2) is 5.96. The fraction of sp³-hybridized carbons (Fsp3) is 0.500. The predicted octanol–water partition coefficient (Wildman–Crippen LogP) is 5.15. The van der Waals surface area contributed by atoms with Crippen molar-refractivity contribution in [2.75, 3.05) is 18.0 Å². The summed E-state index contributed by atoms with van der Waals surface area (Å²) in [6.45, 7) is 6.93. The van der Waals surface area contributed by atoms with Gasteiger partial charge in [0, 0.05) is 29.4 Å². The van der Waals surface area contributed by atoms with Gasteiger partial charge in [-0.15, -0.1) is 0 Å². The van der Waals surface area contributed by atoms with Crippen molar-refractivity contribution in [1.29, 1.82) is 0 Å². The fourth-order valence-corrected chi connectivity index (χ4v) is 3.88. The third-order valence-corrected chi connectivity index (χ3v) is 5.77. The number of hydrogen-bond donors (Lipinski definition) is 0. The van der Waals surface area contributed by atoms with Crippen LogP contribution >= 0.6 is 15.9 Å². The Balaban J connectivity index is 2.00. The van der Waals surface area contributed by atoms with E-state index in [1.54, 1.807) is 0 Å². The number of fused-ring (bicyclic) bond motifs is 1. The van der Waals surface area contributed by atoms with Crippen molar-refractivity contribution in [2.24, 2.45) is 5.41 Å². The van der Waals surface area contributed by atoms with Crippen LogP contribution in [0.4, 0.5) is 5.82 Å². The molecule has 1 fully saturated rings. The lowest BCUT2D eigenvalue weighted by molar-refractivity contribution is 0.301. The van der Waals surface area contributed by atoms with Crippen molar-refractivity contribution in [1.82, 2.24) is 4.98 Å². The van der Waals surface area contributed by atoms with E-state index in [-0.39, 0.29) is 0 Å². The van der Waals surface area contributed by atoms with Gasteiger partial charge in [0.25, 0.3) is 0 Å². The third-order valence-electron chi connectivity index (χ3n) is 5.16. The molecule has 0 spiro atoms. The van der Waals surface area contributed by atoms with Gasteiger partial charge in [-0.2, -0.15) is 0 Å². The molecule has 1 aromatic heterocycles. The maximum absolute atomic E-state index is 4.96. The molecule has 2 nitrogen and oxygen atoms in total. The summed E-state index contributed by atoms with van der Waals surface area (Å²) in [5, 5.41) is 2.09. The van der Waals surface area contributed by atoms with Crippen LogP contribution in [-0.4, -0.2) is 18.1 Å². The average molecular weight is 347 g/mol. The molecule has 2 heterocycles. The number of benzene rings is 1. The van der Waals surface area contributed by atoms with Crippen molar-refractivity contribution in [3.05, 3.63) is 35.9 Å². The molecular formula is C18H23BrN2. The van der Waals surface area contributed by atoms with Crippen LogP contribution in [0, 0.1) is 5.41 Å². The van der Waals surface area contributed by atoms with Crippen LogP contribution in [0.3, 0.4) is 0 Å². The molecule has 0 N–H and O–H groups in total. The summed E-state index contributed by atoms with van der Waals surface area (Å²) in [5.74, 6) is 1.18. The lowest BCUT2D eigenvalue weighted by Crippen LogP contribution is -2.27. The van der Waals surface area contributed by atoms with Gasteiger partial charge >= 0.3 is 0 Å². The van der Waals surface area contributed by atoms with Gasteiger partial charge in [-0.3, -0.25) is 0 Å². The van der Waals surface area contributed by atoms with Gasteiger partial charge in [-0.05, 0) is 36.8 Å². The molecule has 3 rings (SSSR count). The monoisotopic (exact) mass is 346 g/mol. The van der Waals surface area contributed by atoms with E-state index in [1.807, 2.05) is 0 Å². The van der Waals surface area contributed by atoms with Gasteiger partial charge in [0.2, 0.25) is 0 Å². The first-order valence-corrected chi connectivity index (χ1v) is 9.03. The van der Waals surface area contributed by atoms with Gasteiger partial charge in [-0.1, -0.05) is 48.0 Å². The zero-order chi connectivity index (χ0) is 14.9. The van der Waals surface area contributed by atoms with E-state index in [1.165, 1.54) is 36.0 Å². The summed E-state index contributed by atoms with van der Waals surface area (Å²) < 4.78 is 0. The van der Waals surface area contributed by atoms with Crippen molar-refractivity contribution in [3.8, 4) is 0 Å². The van der Waals surface area contributed by atoms with Crippen LogP contribution in [0.25, 0.3) is 10.9 Å². The second-order valence-electron chi connectivity index (χ2n) is 6.18. The predicted molar refractivity (Wildman–Crippen MR) is 94.2 cm³/mol. The minimum Gasteiger partial charge on any atom is -0.356 e. The molecule has 0 radical (unpaired) electrons. The van der Waals surface area contributed by atoms with Crippen molar-refractivity contribution in [2.45, 2.75) is 38.4 Å². The molecule has 0 saturated carbocycles. The summed E-state index contributed by atoms with van der Waals surface area (Å²) >= 11 is 3.64. The largest absolute Gasteiger partial charge is 0.356 e. The van der Waals surface area contributed by atoms with Crippen LogP contribution in [0.2, 0.25) is 0 Å². The zero-order valence-electron chi connectivity index (χ0n) is 12.9. The molecule has 3 heteroatoms. The van der Waals surface area contributed by atoms with Gasteiger partial charge in [0.15, 0.2) is 0 Å². The van der Waals surface area contributed by atoms with E-state index in [2.05, 4.69) is 65.0 Å². The first kappa shape index (κ1) is 14.8. The molecule has 0 unspecified atom stereocenters. The highest BCUT2D eigenvalue weighted by atomic mass is 79.9. The average Bonchev–Trinajstić information content (AvgIpc) is 2.98. The Bertz CT molecular complexity index is 634. The standard InChI is InChI=1S/C18H23BrN2/c1-3-18(4-2)9-10-21(13-18)17-15(12-19)11-14-7-5-6-8-16(14)20-17/h5-8,11H,3-4,9-10,12-13H2,1-2H3. The number of hydrogen-bond acceptors (Lipinski definition) is 2. The molecule has 0 amide bonds. The van der Waals surface area contributed by atoms with Crippen LogP contribution in [0.1, 0.15) is 38.7 Å². The van der Waals surface area contributed by atoms with Gasteiger partial charge in [0.05, 0.1) is 5.52 Å². The summed E-state index contributed by atoms with van der Waals surface area (Å²) in [4.78, 5) is 7.45. The number of anilines is 1.